The normalized spacial score (nSPS) is 9.35. The van der Waals surface area contributed by atoms with E-state index in [9.17, 15) is 4.79 Å². The van der Waals surface area contributed by atoms with E-state index in [1.165, 1.54) is 6.07 Å². The molecule has 2 rings (SSSR count). The molecule has 0 fully saturated rings. The maximum Gasteiger partial charge on any atom is 0.336 e. The maximum atomic E-state index is 11.1. The van der Waals surface area contributed by atoms with Gasteiger partial charge in [-0.1, -0.05) is 0 Å². The third-order valence-electron chi connectivity index (χ3n) is 2.24. The highest BCUT2D eigenvalue weighted by molar-refractivity contribution is 6.54. The number of rotatable bonds is 1. The number of hydrogen-bond donors (Lipinski definition) is 1. The van der Waals surface area contributed by atoms with E-state index in [1.54, 1.807) is 0 Å². The first-order valence-corrected chi connectivity index (χ1v) is 5.32. The minimum atomic E-state index is -0.303. The maximum absolute atomic E-state index is 11.1. The summed E-state index contributed by atoms with van der Waals surface area (Å²) in [5, 5.41) is 3.97. The Bertz CT molecular complexity index is 577. The minimum Gasteiger partial charge on any atom is -0.423 e. The van der Waals surface area contributed by atoms with Crippen LogP contribution in [0.5, 0.6) is 0 Å². The molecule has 0 amide bonds. The Kier molecular flexibility index (Phi) is 4.72. The number of nitrogens with one attached hydrogen (secondary N) is 1. The molecule has 1 N–H and O–H groups in total. The van der Waals surface area contributed by atoms with Gasteiger partial charge in [-0.2, -0.15) is 0 Å². The summed E-state index contributed by atoms with van der Waals surface area (Å²) in [5.41, 5.74) is 2.20. The Balaban J connectivity index is 0.000000437. The molecule has 17 heavy (non-hydrogen) atoms. The summed E-state index contributed by atoms with van der Waals surface area (Å²) < 4.78 is 5.09. The van der Waals surface area contributed by atoms with Crippen molar-refractivity contribution in [1.29, 1.82) is 0 Å². The van der Waals surface area contributed by atoms with Gasteiger partial charge >= 0.3 is 5.63 Å². The quantitative estimate of drug-likeness (QED) is 0.482. The van der Waals surface area contributed by atoms with Gasteiger partial charge < -0.3 is 9.73 Å². The van der Waals surface area contributed by atoms with E-state index in [0.29, 0.717) is 5.58 Å². The van der Waals surface area contributed by atoms with Crippen molar-refractivity contribution >= 4 is 34.0 Å². The molecule has 1 heterocycles. The molecule has 0 spiro atoms. The van der Waals surface area contributed by atoms with Gasteiger partial charge in [-0.3, -0.25) is 4.79 Å². The number of fused-ring (bicyclic) bond motifs is 1. The van der Waals surface area contributed by atoms with E-state index in [-0.39, 0.29) is 11.4 Å². The second-order valence-electron chi connectivity index (χ2n) is 3.30. The van der Waals surface area contributed by atoms with Crippen LogP contribution in [0.15, 0.2) is 33.5 Å². The summed E-state index contributed by atoms with van der Waals surface area (Å²) >= 11 is 4.32. The third kappa shape index (κ3) is 3.32. The molecule has 0 bridgehead atoms. The van der Waals surface area contributed by atoms with Gasteiger partial charge in [0.15, 0.2) is 0 Å². The van der Waals surface area contributed by atoms with Crippen molar-refractivity contribution in [2.75, 3.05) is 12.4 Å². The number of aryl methyl sites for hydroxylation is 1. The predicted octanol–water partition coefficient (Wildman–Crippen LogP) is 2.56. The SMILES string of the molecule is CNc1ccc2c(C)cc(=O)oc2c1.O=CCl. The van der Waals surface area contributed by atoms with Gasteiger partial charge in [0, 0.05) is 30.3 Å². The summed E-state index contributed by atoms with van der Waals surface area (Å²) in [6, 6.07) is 7.22. The lowest BCUT2D eigenvalue weighted by atomic mass is 10.1. The summed E-state index contributed by atoms with van der Waals surface area (Å²) in [6.07, 6.45) is 0. The average Bonchev–Trinajstić information content (AvgIpc) is 2.29. The lowest BCUT2D eigenvalue weighted by Crippen LogP contribution is -1.98. The smallest absolute Gasteiger partial charge is 0.336 e. The highest BCUT2D eigenvalue weighted by Crippen LogP contribution is 2.19. The van der Waals surface area contributed by atoms with Gasteiger partial charge in [-0.05, 0) is 36.2 Å². The first-order valence-electron chi connectivity index (χ1n) is 4.88. The van der Waals surface area contributed by atoms with Crippen LogP contribution in [0.1, 0.15) is 5.56 Å². The Morgan fingerprint density at radius 2 is 2.00 bits per heavy atom. The summed E-state index contributed by atoms with van der Waals surface area (Å²) in [6.45, 7) is 1.90. The minimum absolute atomic E-state index is 0.222. The van der Waals surface area contributed by atoms with E-state index in [4.69, 9.17) is 9.21 Å². The van der Waals surface area contributed by atoms with Crippen molar-refractivity contribution in [3.05, 3.63) is 40.2 Å². The Labute approximate surface area is 103 Å². The average molecular weight is 254 g/mol. The molecular formula is C12H12ClNO3. The van der Waals surface area contributed by atoms with Crippen molar-refractivity contribution in [2.24, 2.45) is 0 Å². The molecule has 90 valence electrons. The molecule has 0 atom stereocenters. The van der Waals surface area contributed by atoms with Crippen molar-refractivity contribution < 1.29 is 9.21 Å². The topological polar surface area (TPSA) is 59.3 Å². The van der Waals surface area contributed by atoms with Crippen LogP contribution in [0.2, 0.25) is 0 Å². The zero-order valence-corrected chi connectivity index (χ0v) is 10.2. The molecule has 0 aliphatic carbocycles. The zero-order chi connectivity index (χ0) is 12.8. The van der Waals surface area contributed by atoms with Crippen molar-refractivity contribution in [2.45, 2.75) is 6.92 Å². The van der Waals surface area contributed by atoms with Gasteiger partial charge in [0.05, 0.1) is 0 Å². The van der Waals surface area contributed by atoms with E-state index in [2.05, 4.69) is 16.9 Å². The van der Waals surface area contributed by atoms with Crippen LogP contribution in [-0.2, 0) is 4.79 Å². The van der Waals surface area contributed by atoms with Crippen LogP contribution in [0.3, 0.4) is 0 Å². The lowest BCUT2D eigenvalue weighted by molar-refractivity contribution is 0.560. The summed E-state index contributed by atoms with van der Waals surface area (Å²) in [4.78, 5) is 19.7. The zero-order valence-electron chi connectivity index (χ0n) is 9.49. The number of carbonyl (C=O) groups is 1. The third-order valence-corrected chi connectivity index (χ3v) is 2.24. The second kappa shape index (κ2) is 6.06. The molecule has 0 saturated carbocycles. The number of halogens is 1. The number of anilines is 1. The van der Waals surface area contributed by atoms with E-state index in [1.807, 2.05) is 32.2 Å². The fourth-order valence-corrected chi connectivity index (χ4v) is 1.48. The molecule has 0 saturated heterocycles. The molecule has 1 aromatic heterocycles. The Morgan fingerprint density at radius 1 is 1.35 bits per heavy atom. The first kappa shape index (κ1) is 13.3. The first-order chi connectivity index (χ1) is 8.12. The van der Waals surface area contributed by atoms with Crippen LogP contribution in [-0.4, -0.2) is 12.8 Å². The van der Waals surface area contributed by atoms with Crippen molar-refractivity contribution in [3.63, 3.8) is 0 Å². The fraction of sp³-hybridized carbons (Fsp3) is 0.167. The monoisotopic (exact) mass is 253 g/mol. The highest BCUT2D eigenvalue weighted by atomic mass is 35.5. The largest absolute Gasteiger partial charge is 0.423 e. The van der Waals surface area contributed by atoms with Gasteiger partial charge in [0.25, 0.3) is 0 Å². The highest BCUT2D eigenvalue weighted by Gasteiger charge is 2.01. The Morgan fingerprint density at radius 3 is 2.59 bits per heavy atom. The van der Waals surface area contributed by atoms with Crippen molar-refractivity contribution in [3.8, 4) is 0 Å². The van der Waals surface area contributed by atoms with E-state index < -0.39 is 0 Å². The fourth-order valence-electron chi connectivity index (χ4n) is 1.48. The number of carbonyl (C=O) groups excluding carboxylic acids is 1. The molecular weight excluding hydrogens is 242 g/mol. The van der Waals surface area contributed by atoms with E-state index >= 15 is 0 Å². The predicted molar refractivity (Wildman–Crippen MR) is 69.4 cm³/mol. The van der Waals surface area contributed by atoms with Gasteiger partial charge in [0.1, 0.15) is 5.58 Å². The Hall–Kier alpha value is -1.81. The lowest BCUT2D eigenvalue weighted by Gasteiger charge is -2.03. The van der Waals surface area contributed by atoms with Crippen LogP contribution >= 0.6 is 11.6 Å². The molecule has 2 aromatic rings. The van der Waals surface area contributed by atoms with Gasteiger partial charge in [-0.15, -0.1) is 0 Å². The standard InChI is InChI=1S/C11H11NO2.CHClO/c1-7-5-11(13)14-10-6-8(12-2)3-4-9(7)10;2-1-3/h3-6,12H,1-2H3;1H. The van der Waals surface area contributed by atoms with Crippen LogP contribution in [0, 0.1) is 6.92 Å². The molecule has 0 radical (unpaired) electrons. The molecule has 1 aromatic carbocycles. The van der Waals surface area contributed by atoms with Gasteiger partial charge in [-0.25, -0.2) is 4.79 Å². The second-order valence-corrected chi connectivity index (χ2v) is 3.48. The molecule has 5 heteroatoms. The molecule has 0 aliphatic heterocycles. The number of hydrogen-bond acceptors (Lipinski definition) is 4. The van der Waals surface area contributed by atoms with Crippen LogP contribution in [0.25, 0.3) is 11.0 Å². The summed E-state index contributed by atoms with van der Waals surface area (Å²) in [5.74, 6) is 0.222. The molecule has 0 unspecified atom stereocenters. The van der Waals surface area contributed by atoms with E-state index in [0.717, 1.165) is 16.6 Å². The molecule has 4 nitrogen and oxygen atoms in total. The number of benzene rings is 1. The molecule has 0 aliphatic rings. The van der Waals surface area contributed by atoms with Crippen LogP contribution in [0.4, 0.5) is 5.69 Å². The van der Waals surface area contributed by atoms with Crippen molar-refractivity contribution in [1.82, 2.24) is 0 Å². The van der Waals surface area contributed by atoms with Crippen LogP contribution < -0.4 is 10.9 Å². The van der Waals surface area contributed by atoms with Gasteiger partial charge in [0.2, 0.25) is 5.75 Å². The summed E-state index contributed by atoms with van der Waals surface area (Å²) in [7, 11) is 1.83.